The molecular formula is C18H16N4O3. The van der Waals surface area contributed by atoms with Gasteiger partial charge in [-0.25, -0.2) is 0 Å². The summed E-state index contributed by atoms with van der Waals surface area (Å²) < 4.78 is 1.82. The summed E-state index contributed by atoms with van der Waals surface area (Å²) in [7, 11) is 0. The van der Waals surface area contributed by atoms with Crippen molar-refractivity contribution in [3.8, 4) is 0 Å². The highest BCUT2D eigenvalue weighted by atomic mass is 16.6. The Balaban J connectivity index is 1.62. The highest BCUT2D eigenvalue weighted by Crippen LogP contribution is 2.17. The van der Waals surface area contributed by atoms with E-state index in [1.54, 1.807) is 12.3 Å². The lowest BCUT2D eigenvalue weighted by Crippen LogP contribution is -2.23. The topological polar surface area (TPSA) is 90.1 Å². The maximum absolute atomic E-state index is 12.2. The highest BCUT2D eigenvalue weighted by molar-refractivity contribution is 5.98. The number of para-hydroxylation sites is 1. The van der Waals surface area contributed by atoms with Gasteiger partial charge >= 0.3 is 0 Å². The molecule has 1 aromatic heterocycles. The molecule has 1 N–H and O–H groups in total. The summed E-state index contributed by atoms with van der Waals surface area (Å²) >= 11 is 0. The van der Waals surface area contributed by atoms with Gasteiger partial charge in [0.2, 0.25) is 0 Å². The molecule has 0 aliphatic heterocycles. The zero-order valence-corrected chi connectivity index (χ0v) is 13.3. The van der Waals surface area contributed by atoms with Crippen LogP contribution < -0.4 is 5.32 Å². The van der Waals surface area contributed by atoms with E-state index in [1.807, 2.05) is 41.2 Å². The Hall–Kier alpha value is -3.48. The summed E-state index contributed by atoms with van der Waals surface area (Å²) in [6.07, 6.45) is 3.62. The van der Waals surface area contributed by atoms with E-state index in [0.717, 1.165) is 11.1 Å². The van der Waals surface area contributed by atoms with Gasteiger partial charge in [0.1, 0.15) is 5.56 Å². The number of nitro benzene ring substituents is 1. The average molecular weight is 336 g/mol. The molecule has 7 heteroatoms. The standard InChI is InChI=1S/C18H16N4O3/c23-18(16-4-1-2-5-17(16)22(24)25)19-12-14-6-8-15(9-7-14)13-21-11-3-10-20-21/h1-11H,12-13H2,(H,19,23). The van der Waals surface area contributed by atoms with Crippen LogP contribution in [0.25, 0.3) is 0 Å². The second-order valence-electron chi connectivity index (χ2n) is 5.48. The van der Waals surface area contributed by atoms with E-state index >= 15 is 0 Å². The van der Waals surface area contributed by atoms with Crippen molar-refractivity contribution < 1.29 is 9.72 Å². The van der Waals surface area contributed by atoms with E-state index in [4.69, 9.17) is 0 Å². The van der Waals surface area contributed by atoms with Crippen LogP contribution in [0.3, 0.4) is 0 Å². The molecule has 2 aromatic carbocycles. The van der Waals surface area contributed by atoms with Gasteiger partial charge in [0.25, 0.3) is 11.6 Å². The molecule has 0 unspecified atom stereocenters. The second-order valence-corrected chi connectivity index (χ2v) is 5.48. The Bertz CT molecular complexity index is 874. The van der Waals surface area contributed by atoms with Crippen molar-refractivity contribution in [1.82, 2.24) is 15.1 Å². The molecule has 7 nitrogen and oxygen atoms in total. The molecule has 1 amide bonds. The predicted octanol–water partition coefficient (Wildman–Crippen LogP) is 2.77. The fourth-order valence-electron chi connectivity index (χ4n) is 2.45. The van der Waals surface area contributed by atoms with E-state index in [0.29, 0.717) is 13.1 Å². The number of carbonyl (C=O) groups excluding carboxylic acids is 1. The second kappa shape index (κ2) is 7.39. The number of rotatable bonds is 6. The van der Waals surface area contributed by atoms with Crippen molar-refractivity contribution >= 4 is 11.6 Å². The quantitative estimate of drug-likeness (QED) is 0.553. The van der Waals surface area contributed by atoms with Crippen LogP contribution in [0.2, 0.25) is 0 Å². The minimum absolute atomic E-state index is 0.0582. The number of hydrogen-bond donors (Lipinski definition) is 1. The lowest BCUT2D eigenvalue weighted by Gasteiger charge is -2.07. The maximum Gasteiger partial charge on any atom is 0.282 e. The largest absolute Gasteiger partial charge is 0.348 e. The van der Waals surface area contributed by atoms with Crippen LogP contribution >= 0.6 is 0 Å². The van der Waals surface area contributed by atoms with E-state index in [2.05, 4.69) is 10.4 Å². The molecule has 0 fully saturated rings. The first-order valence-electron chi connectivity index (χ1n) is 7.70. The maximum atomic E-state index is 12.2. The van der Waals surface area contributed by atoms with Gasteiger partial charge in [-0.3, -0.25) is 19.6 Å². The molecule has 0 radical (unpaired) electrons. The Kier molecular flexibility index (Phi) is 4.84. The third-order valence-electron chi connectivity index (χ3n) is 3.73. The molecular weight excluding hydrogens is 320 g/mol. The van der Waals surface area contributed by atoms with Crippen LogP contribution in [-0.2, 0) is 13.1 Å². The van der Waals surface area contributed by atoms with E-state index in [9.17, 15) is 14.9 Å². The molecule has 0 atom stereocenters. The number of amides is 1. The average Bonchev–Trinajstić information content (AvgIpc) is 3.14. The zero-order valence-electron chi connectivity index (χ0n) is 13.3. The van der Waals surface area contributed by atoms with Crippen LogP contribution in [0.5, 0.6) is 0 Å². The van der Waals surface area contributed by atoms with Crippen LogP contribution in [0.4, 0.5) is 5.69 Å². The first-order chi connectivity index (χ1) is 12.1. The van der Waals surface area contributed by atoms with E-state index in [-0.39, 0.29) is 11.3 Å². The van der Waals surface area contributed by atoms with Crippen molar-refractivity contribution in [2.45, 2.75) is 13.1 Å². The number of hydrogen-bond acceptors (Lipinski definition) is 4. The molecule has 3 aromatic rings. The smallest absolute Gasteiger partial charge is 0.282 e. The van der Waals surface area contributed by atoms with Crippen LogP contribution in [0, 0.1) is 10.1 Å². The lowest BCUT2D eigenvalue weighted by atomic mass is 10.1. The van der Waals surface area contributed by atoms with Crippen LogP contribution in [0.15, 0.2) is 67.0 Å². The normalized spacial score (nSPS) is 10.4. The number of nitrogens with one attached hydrogen (secondary N) is 1. The highest BCUT2D eigenvalue weighted by Gasteiger charge is 2.18. The van der Waals surface area contributed by atoms with Crippen molar-refractivity contribution in [1.29, 1.82) is 0 Å². The summed E-state index contributed by atoms with van der Waals surface area (Å²) in [5.41, 5.74) is 1.87. The van der Waals surface area contributed by atoms with Crippen molar-refractivity contribution in [2.24, 2.45) is 0 Å². The van der Waals surface area contributed by atoms with Gasteiger partial charge in [-0.05, 0) is 23.3 Å². The Morgan fingerprint density at radius 3 is 2.48 bits per heavy atom. The Morgan fingerprint density at radius 1 is 1.08 bits per heavy atom. The number of aromatic nitrogens is 2. The predicted molar refractivity (Wildman–Crippen MR) is 92.0 cm³/mol. The monoisotopic (exact) mass is 336 g/mol. The fourth-order valence-corrected chi connectivity index (χ4v) is 2.45. The molecule has 0 bridgehead atoms. The van der Waals surface area contributed by atoms with Crippen molar-refractivity contribution in [3.63, 3.8) is 0 Å². The molecule has 0 saturated heterocycles. The van der Waals surface area contributed by atoms with Gasteiger partial charge in [-0.15, -0.1) is 0 Å². The summed E-state index contributed by atoms with van der Waals surface area (Å²) in [4.78, 5) is 22.6. The van der Waals surface area contributed by atoms with Gasteiger partial charge in [0, 0.05) is 25.0 Å². The van der Waals surface area contributed by atoms with E-state index in [1.165, 1.54) is 18.2 Å². The molecule has 0 saturated carbocycles. The summed E-state index contributed by atoms with van der Waals surface area (Å²) in [5.74, 6) is -0.465. The Morgan fingerprint density at radius 2 is 1.80 bits per heavy atom. The lowest BCUT2D eigenvalue weighted by molar-refractivity contribution is -0.385. The molecule has 25 heavy (non-hydrogen) atoms. The first kappa shape index (κ1) is 16.4. The number of carbonyl (C=O) groups is 1. The summed E-state index contributed by atoms with van der Waals surface area (Å²) in [6, 6.07) is 15.5. The van der Waals surface area contributed by atoms with Crippen LogP contribution in [-0.4, -0.2) is 20.6 Å². The SMILES string of the molecule is O=C(NCc1ccc(Cn2cccn2)cc1)c1ccccc1[N+](=O)[O-]. The number of nitrogens with zero attached hydrogens (tertiary/aromatic N) is 3. The number of benzene rings is 2. The summed E-state index contributed by atoms with van der Waals surface area (Å²) in [6.45, 7) is 0.975. The van der Waals surface area contributed by atoms with Crippen LogP contribution in [0.1, 0.15) is 21.5 Å². The van der Waals surface area contributed by atoms with Crippen molar-refractivity contribution in [2.75, 3.05) is 0 Å². The van der Waals surface area contributed by atoms with Gasteiger partial charge in [0.05, 0.1) is 11.5 Å². The van der Waals surface area contributed by atoms with Gasteiger partial charge in [-0.1, -0.05) is 36.4 Å². The van der Waals surface area contributed by atoms with Gasteiger partial charge < -0.3 is 5.32 Å². The van der Waals surface area contributed by atoms with Gasteiger partial charge in [0.15, 0.2) is 0 Å². The minimum atomic E-state index is -0.557. The third kappa shape index (κ3) is 4.08. The molecule has 3 rings (SSSR count). The molecule has 1 heterocycles. The zero-order chi connectivity index (χ0) is 17.6. The summed E-state index contributed by atoms with van der Waals surface area (Å²) in [5, 5.41) is 17.9. The fraction of sp³-hybridized carbons (Fsp3) is 0.111. The van der Waals surface area contributed by atoms with E-state index < -0.39 is 10.8 Å². The minimum Gasteiger partial charge on any atom is -0.348 e. The number of nitro groups is 1. The van der Waals surface area contributed by atoms with Gasteiger partial charge in [-0.2, -0.15) is 5.10 Å². The molecule has 0 spiro atoms. The first-order valence-corrected chi connectivity index (χ1v) is 7.70. The molecule has 0 aliphatic carbocycles. The Labute approximate surface area is 144 Å². The third-order valence-corrected chi connectivity index (χ3v) is 3.73. The molecule has 126 valence electrons. The van der Waals surface area contributed by atoms with Crippen molar-refractivity contribution in [3.05, 3.63) is 93.8 Å². The molecule has 0 aliphatic rings.